The van der Waals surface area contributed by atoms with Crippen LogP contribution in [0.1, 0.15) is 51.4 Å². The summed E-state index contributed by atoms with van der Waals surface area (Å²) >= 11 is 0. The summed E-state index contributed by atoms with van der Waals surface area (Å²) in [6.45, 7) is 3.95. The maximum atomic E-state index is 13.0. The van der Waals surface area contributed by atoms with Gasteiger partial charge in [-0.05, 0) is 37.8 Å². The lowest BCUT2D eigenvalue weighted by Crippen LogP contribution is -2.56. The molecule has 0 atom stereocenters. The van der Waals surface area contributed by atoms with Gasteiger partial charge in [0.1, 0.15) is 5.75 Å². The first kappa shape index (κ1) is 24.4. The van der Waals surface area contributed by atoms with E-state index in [1.54, 1.807) is 0 Å². The quantitative estimate of drug-likeness (QED) is 0.693. The summed E-state index contributed by atoms with van der Waals surface area (Å²) in [5.41, 5.74) is 0. The van der Waals surface area contributed by atoms with Gasteiger partial charge in [-0.3, -0.25) is 9.59 Å². The number of carbonyl (C=O) groups excluding carboxylic acids is 3. The van der Waals surface area contributed by atoms with Crippen molar-refractivity contribution in [2.45, 2.75) is 57.4 Å². The number of ether oxygens (including phenoxy) is 1. The van der Waals surface area contributed by atoms with Crippen LogP contribution in [0.25, 0.3) is 0 Å². The van der Waals surface area contributed by atoms with Gasteiger partial charge in [0.25, 0.3) is 0 Å². The van der Waals surface area contributed by atoms with Gasteiger partial charge in [0.2, 0.25) is 11.8 Å². The highest BCUT2D eigenvalue weighted by molar-refractivity contribution is 5.81. The van der Waals surface area contributed by atoms with Crippen LogP contribution in [0.5, 0.6) is 5.75 Å². The molecule has 1 aromatic carbocycles. The standard InChI is InChI=1S/C26H38N4O4/c31-24(13-20-34-23-9-5-2-6-10-23)28-14-11-21(12-15-28)25(32)29-16-18-30(19-17-29)26(33)27-22-7-3-1-4-8-22/h2,5-6,9-10,21-22H,1,3-4,7-8,11-20H2,(H,27,33). The Kier molecular flexibility index (Phi) is 8.66. The minimum absolute atomic E-state index is 0.0158. The predicted octanol–water partition coefficient (Wildman–Crippen LogP) is 2.88. The third kappa shape index (κ3) is 6.64. The highest BCUT2D eigenvalue weighted by Gasteiger charge is 2.32. The van der Waals surface area contributed by atoms with Gasteiger partial charge in [-0.25, -0.2) is 4.79 Å². The largest absolute Gasteiger partial charge is 0.493 e. The Bertz CT molecular complexity index is 811. The second-order valence-electron chi connectivity index (χ2n) is 9.66. The van der Waals surface area contributed by atoms with E-state index >= 15 is 0 Å². The lowest BCUT2D eigenvalue weighted by atomic mass is 9.94. The molecule has 0 aromatic heterocycles. The number of piperidine rings is 1. The SMILES string of the molecule is O=C(CCOc1ccccc1)N1CCC(C(=O)N2CCN(C(=O)NC3CCCCC3)CC2)CC1. The average molecular weight is 471 g/mol. The number of para-hydroxylation sites is 1. The third-order valence-electron chi connectivity index (χ3n) is 7.34. The first-order valence-corrected chi connectivity index (χ1v) is 12.9. The molecule has 2 saturated heterocycles. The van der Waals surface area contributed by atoms with Crippen molar-refractivity contribution >= 4 is 17.8 Å². The Balaban J connectivity index is 1.13. The van der Waals surface area contributed by atoms with Crippen molar-refractivity contribution in [1.29, 1.82) is 0 Å². The Hall–Kier alpha value is -2.77. The van der Waals surface area contributed by atoms with E-state index in [1.165, 1.54) is 19.3 Å². The van der Waals surface area contributed by atoms with E-state index in [1.807, 2.05) is 45.0 Å². The van der Waals surface area contributed by atoms with Gasteiger partial charge >= 0.3 is 6.03 Å². The molecule has 8 heteroatoms. The molecule has 4 amide bonds. The molecule has 1 aromatic rings. The predicted molar refractivity (Wildman–Crippen MR) is 129 cm³/mol. The molecule has 0 radical (unpaired) electrons. The van der Waals surface area contributed by atoms with E-state index in [2.05, 4.69) is 5.32 Å². The summed E-state index contributed by atoms with van der Waals surface area (Å²) in [7, 11) is 0. The monoisotopic (exact) mass is 470 g/mol. The Morgan fingerprint density at radius 3 is 2.12 bits per heavy atom. The summed E-state index contributed by atoms with van der Waals surface area (Å²) < 4.78 is 5.63. The van der Waals surface area contributed by atoms with Crippen LogP contribution in [-0.4, -0.2) is 84.5 Å². The number of nitrogens with one attached hydrogen (secondary N) is 1. The second-order valence-corrected chi connectivity index (χ2v) is 9.66. The lowest BCUT2D eigenvalue weighted by Gasteiger charge is -2.39. The topological polar surface area (TPSA) is 82.2 Å². The zero-order valence-corrected chi connectivity index (χ0v) is 20.1. The summed E-state index contributed by atoms with van der Waals surface area (Å²) in [6.07, 6.45) is 7.55. The van der Waals surface area contributed by atoms with Crippen LogP contribution in [0.15, 0.2) is 30.3 Å². The number of carbonyl (C=O) groups is 3. The van der Waals surface area contributed by atoms with E-state index in [-0.39, 0.29) is 23.8 Å². The molecule has 2 aliphatic heterocycles. The zero-order valence-electron chi connectivity index (χ0n) is 20.1. The fourth-order valence-corrected chi connectivity index (χ4v) is 5.21. The summed E-state index contributed by atoms with van der Waals surface area (Å²) in [6, 6.07) is 9.82. The van der Waals surface area contributed by atoms with Crippen LogP contribution in [0.4, 0.5) is 4.79 Å². The van der Waals surface area contributed by atoms with E-state index < -0.39 is 0 Å². The summed E-state index contributed by atoms with van der Waals surface area (Å²) in [5, 5.41) is 3.17. The maximum absolute atomic E-state index is 13.0. The van der Waals surface area contributed by atoms with Crippen LogP contribution in [0, 0.1) is 5.92 Å². The fraction of sp³-hybridized carbons (Fsp3) is 0.654. The van der Waals surface area contributed by atoms with Gasteiger partial charge in [0, 0.05) is 51.2 Å². The number of hydrogen-bond donors (Lipinski definition) is 1. The summed E-state index contributed by atoms with van der Waals surface area (Å²) in [4.78, 5) is 43.7. The highest BCUT2D eigenvalue weighted by Crippen LogP contribution is 2.22. The van der Waals surface area contributed by atoms with Crippen LogP contribution in [0.2, 0.25) is 0 Å². The number of piperazine rings is 1. The van der Waals surface area contributed by atoms with Gasteiger partial charge < -0.3 is 24.8 Å². The number of urea groups is 1. The van der Waals surface area contributed by atoms with Crippen molar-refractivity contribution in [2.24, 2.45) is 5.92 Å². The molecule has 1 aliphatic carbocycles. The molecule has 4 rings (SSSR count). The van der Waals surface area contributed by atoms with Crippen molar-refractivity contribution in [3.05, 3.63) is 30.3 Å². The van der Waals surface area contributed by atoms with Gasteiger partial charge in [0.05, 0.1) is 13.0 Å². The van der Waals surface area contributed by atoms with E-state index in [4.69, 9.17) is 4.74 Å². The smallest absolute Gasteiger partial charge is 0.317 e. The fourth-order valence-electron chi connectivity index (χ4n) is 5.21. The molecular weight excluding hydrogens is 432 g/mol. The molecule has 34 heavy (non-hydrogen) atoms. The molecule has 8 nitrogen and oxygen atoms in total. The molecular formula is C26H38N4O4. The van der Waals surface area contributed by atoms with Gasteiger partial charge in [-0.1, -0.05) is 37.5 Å². The molecule has 3 fully saturated rings. The zero-order chi connectivity index (χ0) is 23.8. The molecule has 3 aliphatic rings. The molecule has 0 spiro atoms. The highest BCUT2D eigenvalue weighted by atomic mass is 16.5. The number of rotatable bonds is 6. The molecule has 1 saturated carbocycles. The molecule has 0 unspecified atom stereocenters. The third-order valence-corrected chi connectivity index (χ3v) is 7.34. The van der Waals surface area contributed by atoms with Crippen molar-refractivity contribution in [3.63, 3.8) is 0 Å². The minimum atomic E-state index is -0.0350. The number of likely N-dealkylation sites (tertiary alicyclic amines) is 1. The Labute approximate surface area is 202 Å². The second kappa shape index (κ2) is 12.1. The Morgan fingerprint density at radius 1 is 0.794 bits per heavy atom. The van der Waals surface area contributed by atoms with Crippen LogP contribution >= 0.6 is 0 Å². The van der Waals surface area contributed by atoms with Gasteiger partial charge in [0.15, 0.2) is 0 Å². The molecule has 0 bridgehead atoms. The van der Waals surface area contributed by atoms with Crippen LogP contribution in [0.3, 0.4) is 0 Å². The van der Waals surface area contributed by atoms with Crippen molar-refractivity contribution in [1.82, 2.24) is 20.0 Å². The number of nitrogens with zero attached hydrogens (tertiary/aromatic N) is 3. The first-order valence-electron chi connectivity index (χ1n) is 12.9. The molecule has 186 valence electrons. The number of benzene rings is 1. The van der Waals surface area contributed by atoms with Gasteiger partial charge in [-0.15, -0.1) is 0 Å². The average Bonchev–Trinajstić information content (AvgIpc) is 2.89. The van der Waals surface area contributed by atoms with Gasteiger partial charge in [-0.2, -0.15) is 0 Å². The lowest BCUT2D eigenvalue weighted by molar-refractivity contribution is -0.142. The van der Waals surface area contributed by atoms with E-state index in [9.17, 15) is 14.4 Å². The van der Waals surface area contributed by atoms with Crippen LogP contribution < -0.4 is 10.1 Å². The first-order chi connectivity index (χ1) is 16.6. The van der Waals surface area contributed by atoms with Crippen LogP contribution in [-0.2, 0) is 9.59 Å². The number of amides is 4. The van der Waals surface area contributed by atoms with Crippen molar-refractivity contribution < 1.29 is 19.1 Å². The maximum Gasteiger partial charge on any atom is 0.317 e. The number of hydrogen-bond acceptors (Lipinski definition) is 4. The molecule has 2 heterocycles. The van der Waals surface area contributed by atoms with Crippen molar-refractivity contribution in [3.8, 4) is 5.75 Å². The minimum Gasteiger partial charge on any atom is -0.493 e. The summed E-state index contributed by atoms with van der Waals surface area (Å²) in [5.74, 6) is 0.990. The Morgan fingerprint density at radius 2 is 1.44 bits per heavy atom. The van der Waals surface area contributed by atoms with E-state index in [0.29, 0.717) is 71.2 Å². The van der Waals surface area contributed by atoms with E-state index in [0.717, 1.165) is 18.6 Å². The molecule has 1 N–H and O–H groups in total. The normalized spacial score (nSPS) is 20.2. The van der Waals surface area contributed by atoms with Crippen molar-refractivity contribution in [2.75, 3.05) is 45.9 Å².